The molecule has 25 heavy (non-hydrogen) atoms. The number of benzene rings is 1. The number of hydrogen-bond acceptors (Lipinski definition) is 5. The van der Waals surface area contributed by atoms with Crippen LogP contribution in [0, 0.1) is 0 Å². The molecule has 0 spiro atoms. The van der Waals surface area contributed by atoms with E-state index in [0.29, 0.717) is 19.6 Å². The minimum absolute atomic E-state index is 0.110. The number of hydrogen-bond donors (Lipinski definition) is 1. The molecule has 5 nitrogen and oxygen atoms in total. The molecule has 2 heterocycles. The van der Waals surface area contributed by atoms with Crippen LogP contribution in [-0.2, 0) is 25.0 Å². The molecule has 0 saturated carbocycles. The zero-order valence-corrected chi connectivity index (χ0v) is 14.9. The van der Waals surface area contributed by atoms with E-state index < -0.39 is 0 Å². The molecule has 0 saturated heterocycles. The summed E-state index contributed by atoms with van der Waals surface area (Å²) in [7, 11) is 0. The minimum atomic E-state index is -0.110. The fraction of sp³-hybridized carbons (Fsp3) is 0.350. The monoisotopic (exact) mass is 340 g/mol. The lowest BCUT2D eigenvalue weighted by Gasteiger charge is -2.20. The average molecular weight is 340 g/mol. The second kappa shape index (κ2) is 7.15. The van der Waals surface area contributed by atoms with Gasteiger partial charge in [-0.1, -0.05) is 32.9 Å². The summed E-state index contributed by atoms with van der Waals surface area (Å²) in [6.45, 7) is 8.26. The van der Waals surface area contributed by atoms with Crippen molar-refractivity contribution in [1.82, 2.24) is 9.88 Å². The molecule has 5 heteroatoms. The van der Waals surface area contributed by atoms with Gasteiger partial charge in [0.05, 0.1) is 25.5 Å². The van der Waals surface area contributed by atoms with Crippen LogP contribution in [0.25, 0.3) is 0 Å². The first kappa shape index (κ1) is 17.3. The summed E-state index contributed by atoms with van der Waals surface area (Å²) in [6, 6.07) is 11.1. The number of phenolic OH excluding ortho intramolecular Hbond substituents is 1. The summed E-state index contributed by atoms with van der Waals surface area (Å²) >= 11 is 0. The molecule has 1 N–H and O–H groups in total. The molecule has 0 unspecified atom stereocenters. The van der Waals surface area contributed by atoms with Crippen LogP contribution in [0.15, 0.2) is 57.7 Å². The van der Waals surface area contributed by atoms with Crippen molar-refractivity contribution in [2.75, 3.05) is 0 Å². The first-order valence-corrected chi connectivity index (χ1v) is 8.38. The Morgan fingerprint density at radius 1 is 1.00 bits per heavy atom. The third-order valence-electron chi connectivity index (χ3n) is 3.88. The minimum Gasteiger partial charge on any atom is -0.508 e. The van der Waals surface area contributed by atoms with Gasteiger partial charge < -0.3 is 13.9 Å². The highest BCUT2D eigenvalue weighted by Gasteiger charge is 2.21. The van der Waals surface area contributed by atoms with Crippen molar-refractivity contribution >= 4 is 0 Å². The van der Waals surface area contributed by atoms with Gasteiger partial charge in [-0.3, -0.25) is 4.90 Å². The Bertz CT molecular complexity index is 783. The molecule has 0 aliphatic rings. The van der Waals surface area contributed by atoms with Crippen molar-refractivity contribution < 1.29 is 13.9 Å². The quantitative estimate of drug-likeness (QED) is 0.717. The van der Waals surface area contributed by atoms with E-state index in [1.165, 1.54) is 0 Å². The van der Waals surface area contributed by atoms with E-state index in [4.69, 9.17) is 8.83 Å². The van der Waals surface area contributed by atoms with Crippen LogP contribution in [0.3, 0.4) is 0 Å². The van der Waals surface area contributed by atoms with Crippen LogP contribution in [-0.4, -0.2) is 15.0 Å². The third kappa shape index (κ3) is 4.73. The highest BCUT2D eigenvalue weighted by molar-refractivity contribution is 5.25. The Morgan fingerprint density at radius 3 is 2.32 bits per heavy atom. The first-order chi connectivity index (χ1) is 11.9. The number of aromatic hydroxyl groups is 1. The van der Waals surface area contributed by atoms with E-state index in [1.54, 1.807) is 24.6 Å². The number of phenols is 1. The topological polar surface area (TPSA) is 62.6 Å². The fourth-order valence-corrected chi connectivity index (χ4v) is 2.60. The Kier molecular flexibility index (Phi) is 4.95. The lowest BCUT2D eigenvalue weighted by Crippen LogP contribution is -2.22. The van der Waals surface area contributed by atoms with E-state index in [9.17, 15) is 5.11 Å². The predicted molar refractivity (Wildman–Crippen MR) is 95.0 cm³/mol. The molecule has 0 fully saturated rings. The summed E-state index contributed by atoms with van der Waals surface area (Å²) in [6.07, 6.45) is 3.48. The highest BCUT2D eigenvalue weighted by Crippen LogP contribution is 2.23. The molecule has 0 bridgehead atoms. The summed E-state index contributed by atoms with van der Waals surface area (Å²) in [5, 5.41) is 9.46. The molecule has 132 valence electrons. The SMILES string of the molecule is CC(C)(C)c1ncc(CN(Cc2ccc(O)cc2)Cc2ccco2)o1. The first-order valence-electron chi connectivity index (χ1n) is 8.38. The van der Waals surface area contributed by atoms with Crippen molar-refractivity contribution in [2.45, 2.75) is 45.8 Å². The fourth-order valence-electron chi connectivity index (χ4n) is 2.60. The maximum Gasteiger partial charge on any atom is 0.199 e. The normalized spacial score (nSPS) is 12.0. The summed E-state index contributed by atoms with van der Waals surface area (Å²) in [5.74, 6) is 2.74. The molecule has 0 amide bonds. The molecular weight excluding hydrogens is 316 g/mol. The Morgan fingerprint density at radius 2 is 1.72 bits per heavy atom. The van der Waals surface area contributed by atoms with E-state index in [2.05, 4.69) is 30.7 Å². The van der Waals surface area contributed by atoms with Gasteiger partial charge in [-0.2, -0.15) is 0 Å². The number of rotatable bonds is 6. The van der Waals surface area contributed by atoms with E-state index in [0.717, 1.165) is 23.0 Å². The van der Waals surface area contributed by atoms with Crippen molar-refractivity contribution in [2.24, 2.45) is 0 Å². The van der Waals surface area contributed by atoms with E-state index >= 15 is 0 Å². The Hall–Kier alpha value is -2.53. The predicted octanol–water partition coefficient (Wildman–Crippen LogP) is 4.47. The zero-order chi connectivity index (χ0) is 17.9. The van der Waals surface area contributed by atoms with Crippen molar-refractivity contribution in [3.63, 3.8) is 0 Å². The van der Waals surface area contributed by atoms with Crippen molar-refractivity contribution in [1.29, 1.82) is 0 Å². The zero-order valence-electron chi connectivity index (χ0n) is 14.9. The van der Waals surface area contributed by atoms with Gasteiger partial charge in [0.15, 0.2) is 5.89 Å². The maximum absolute atomic E-state index is 9.46. The van der Waals surface area contributed by atoms with Gasteiger partial charge >= 0.3 is 0 Å². The maximum atomic E-state index is 9.46. The molecule has 3 aromatic rings. The Labute approximate surface area is 147 Å². The van der Waals surface area contributed by atoms with Crippen molar-refractivity contribution in [3.05, 3.63) is 71.8 Å². The van der Waals surface area contributed by atoms with Crippen LogP contribution in [0.1, 0.15) is 43.7 Å². The third-order valence-corrected chi connectivity index (χ3v) is 3.88. The van der Waals surface area contributed by atoms with E-state index in [-0.39, 0.29) is 11.2 Å². The Balaban J connectivity index is 1.75. The molecule has 2 aromatic heterocycles. The van der Waals surface area contributed by atoms with Crippen LogP contribution in [0.2, 0.25) is 0 Å². The molecule has 3 rings (SSSR count). The van der Waals surface area contributed by atoms with Crippen LogP contribution in [0.5, 0.6) is 5.75 Å². The number of oxazole rings is 1. The summed E-state index contributed by atoms with van der Waals surface area (Å²) in [5.41, 5.74) is 1.00. The van der Waals surface area contributed by atoms with Crippen LogP contribution < -0.4 is 0 Å². The molecule has 1 aromatic carbocycles. The molecule has 0 aliphatic carbocycles. The lowest BCUT2D eigenvalue weighted by atomic mass is 9.97. The largest absolute Gasteiger partial charge is 0.508 e. The van der Waals surface area contributed by atoms with Crippen molar-refractivity contribution in [3.8, 4) is 5.75 Å². The standard InChI is InChI=1S/C20H24N2O3/c1-20(2,3)19-21-11-18(25-19)14-22(13-17-5-4-10-24-17)12-15-6-8-16(23)9-7-15/h4-11,23H,12-14H2,1-3H3. The highest BCUT2D eigenvalue weighted by atomic mass is 16.4. The number of nitrogens with zero attached hydrogens (tertiary/aromatic N) is 2. The summed E-state index contributed by atoms with van der Waals surface area (Å²) < 4.78 is 11.4. The van der Waals surface area contributed by atoms with Gasteiger partial charge in [-0.25, -0.2) is 4.98 Å². The van der Waals surface area contributed by atoms with Gasteiger partial charge in [0.25, 0.3) is 0 Å². The molecule has 0 aliphatic heterocycles. The molecular formula is C20H24N2O3. The summed E-state index contributed by atoms with van der Waals surface area (Å²) in [4.78, 5) is 6.63. The number of aromatic nitrogens is 1. The van der Waals surface area contributed by atoms with E-state index in [1.807, 2.05) is 24.3 Å². The van der Waals surface area contributed by atoms with Gasteiger partial charge in [-0.05, 0) is 29.8 Å². The van der Waals surface area contributed by atoms with Gasteiger partial charge in [-0.15, -0.1) is 0 Å². The smallest absolute Gasteiger partial charge is 0.199 e. The van der Waals surface area contributed by atoms with Gasteiger partial charge in [0.2, 0.25) is 0 Å². The second-order valence-corrected chi connectivity index (χ2v) is 7.27. The average Bonchev–Trinajstić information content (AvgIpc) is 3.21. The lowest BCUT2D eigenvalue weighted by molar-refractivity contribution is 0.205. The second-order valence-electron chi connectivity index (χ2n) is 7.27. The van der Waals surface area contributed by atoms with Gasteiger partial charge in [0.1, 0.15) is 17.3 Å². The number of furan rings is 1. The van der Waals surface area contributed by atoms with Gasteiger partial charge in [0, 0.05) is 12.0 Å². The molecule has 0 radical (unpaired) electrons. The molecule has 0 atom stereocenters. The van der Waals surface area contributed by atoms with Crippen LogP contribution in [0.4, 0.5) is 0 Å². The van der Waals surface area contributed by atoms with Crippen LogP contribution >= 0.6 is 0 Å².